The molecule has 0 bridgehead atoms. The summed E-state index contributed by atoms with van der Waals surface area (Å²) in [4.78, 5) is 12.4. The molecule has 5 nitrogen and oxygen atoms in total. The second-order valence-electron chi connectivity index (χ2n) is 7.11. The topological polar surface area (TPSA) is 70.1 Å². The van der Waals surface area contributed by atoms with Crippen molar-refractivity contribution in [2.75, 3.05) is 0 Å². The second-order valence-corrected chi connectivity index (χ2v) is 7.52. The molecule has 0 aliphatic heterocycles. The van der Waals surface area contributed by atoms with Gasteiger partial charge in [-0.2, -0.15) is 10.2 Å². The van der Waals surface area contributed by atoms with Gasteiger partial charge in [-0.25, -0.2) is 9.82 Å². The van der Waals surface area contributed by atoms with E-state index < -0.39 is 11.7 Å². The molecular formula is C23H16ClFN4O. The van der Waals surface area contributed by atoms with Crippen LogP contribution in [-0.4, -0.2) is 22.3 Å². The summed E-state index contributed by atoms with van der Waals surface area (Å²) in [6, 6.07) is 16.5. The number of rotatable bonds is 4. The number of carbonyl (C=O) groups excluding carboxylic acids is 1. The molecule has 30 heavy (non-hydrogen) atoms. The van der Waals surface area contributed by atoms with Crippen molar-refractivity contribution in [2.24, 2.45) is 5.10 Å². The van der Waals surface area contributed by atoms with Crippen molar-refractivity contribution in [3.8, 4) is 11.3 Å². The molecule has 4 aromatic rings. The van der Waals surface area contributed by atoms with Gasteiger partial charge < -0.3 is 0 Å². The highest BCUT2D eigenvalue weighted by molar-refractivity contribution is 6.33. The zero-order valence-corrected chi connectivity index (χ0v) is 16.5. The molecule has 1 aromatic heterocycles. The lowest BCUT2D eigenvalue weighted by Crippen LogP contribution is -2.18. The van der Waals surface area contributed by atoms with E-state index >= 15 is 0 Å². The van der Waals surface area contributed by atoms with Crippen LogP contribution in [-0.2, 0) is 12.8 Å². The van der Waals surface area contributed by atoms with Crippen LogP contribution in [0.2, 0.25) is 5.02 Å². The normalized spacial score (nSPS) is 12.7. The van der Waals surface area contributed by atoms with Gasteiger partial charge in [0.1, 0.15) is 11.5 Å². The van der Waals surface area contributed by atoms with Crippen molar-refractivity contribution < 1.29 is 9.18 Å². The monoisotopic (exact) mass is 418 g/mol. The molecule has 5 rings (SSSR count). The van der Waals surface area contributed by atoms with Gasteiger partial charge in [-0.15, -0.1) is 0 Å². The summed E-state index contributed by atoms with van der Waals surface area (Å²) in [5.41, 5.74) is 7.07. The van der Waals surface area contributed by atoms with Gasteiger partial charge >= 0.3 is 0 Å². The average Bonchev–Trinajstić information content (AvgIpc) is 3.39. The maximum Gasteiger partial charge on any atom is 0.289 e. The predicted molar refractivity (Wildman–Crippen MR) is 115 cm³/mol. The van der Waals surface area contributed by atoms with Gasteiger partial charge in [-0.05, 0) is 52.9 Å². The van der Waals surface area contributed by atoms with E-state index in [1.807, 2.05) is 6.07 Å². The first-order valence-corrected chi connectivity index (χ1v) is 9.86. The summed E-state index contributed by atoms with van der Waals surface area (Å²) < 4.78 is 13.8. The van der Waals surface area contributed by atoms with Crippen molar-refractivity contribution in [3.63, 3.8) is 0 Å². The number of halogens is 2. The highest BCUT2D eigenvalue weighted by Gasteiger charge is 2.18. The lowest BCUT2D eigenvalue weighted by Gasteiger charge is -2.06. The van der Waals surface area contributed by atoms with E-state index in [1.54, 1.807) is 12.1 Å². The Balaban J connectivity index is 1.39. The molecule has 0 radical (unpaired) electrons. The summed E-state index contributed by atoms with van der Waals surface area (Å²) in [5.74, 6) is -1.00. The van der Waals surface area contributed by atoms with Crippen LogP contribution < -0.4 is 5.43 Å². The number of aromatic nitrogens is 2. The molecule has 3 aromatic carbocycles. The van der Waals surface area contributed by atoms with Gasteiger partial charge in [-0.1, -0.05) is 48.0 Å². The summed E-state index contributed by atoms with van der Waals surface area (Å²) in [6.45, 7) is 0. The van der Waals surface area contributed by atoms with Gasteiger partial charge in [0.25, 0.3) is 5.91 Å². The molecule has 0 unspecified atom stereocenters. The number of aromatic amines is 1. The summed E-state index contributed by atoms with van der Waals surface area (Å²) >= 11 is 5.95. The first kappa shape index (κ1) is 18.5. The smallest absolute Gasteiger partial charge is 0.272 e. The molecule has 2 N–H and O–H groups in total. The summed E-state index contributed by atoms with van der Waals surface area (Å²) in [5, 5.41) is 13.5. The second kappa shape index (κ2) is 7.39. The van der Waals surface area contributed by atoms with Crippen LogP contribution in [0.15, 0.2) is 59.7 Å². The van der Waals surface area contributed by atoms with Crippen molar-refractivity contribution >= 4 is 34.5 Å². The van der Waals surface area contributed by atoms with E-state index in [-0.39, 0.29) is 16.3 Å². The van der Waals surface area contributed by atoms with E-state index in [9.17, 15) is 9.18 Å². The number of hydrogen-bond acceptors (Lipinski definition) is 3. The Morgan fingerprint density at radius 1 is 1.13 bits per heavy atom. The van der Waals surface area contributed by atoms with Gasteiger partial charge in [0.15, 0.2) is 0 Å². The van der Waals surface area contributed by atoms with Crippen molar-refractivity contribution in [1.82, 2.24) is 15.6 Å². The van der Waals surface area contributed by atoms with Crippen LogP contribution in [0.5, 0.6) is 0 Å². The third-order valence-electron chi connectivity index (χ3n) is 5.33. The van der Waals surface area contributed by atoms with Gasteiger partial charge in [-0.3, -0.25) is 9.89 Å². The highest BCUT2D eigenvalue weighted by atomic mass is 35.5. The third-order valence-corrected chi connectivity index (χ3v) is 5.66. The van der Waals surface area contributed by atoms with Gasteiger partial charge in [0.2, 0.25) is 0 Å². The minimum absolute atomic E-state index is 0.109. The minimum atomic E-state index is -0.517. The Hall–Kier alpha value is -3.51. The molecule has 1 heterocycles. The molecule has 0 fully saturated rings. The maximum atomic E-state index is 13.8. The largest absolute Gasteiger partial charge is 0.289 e. The standard InChI is InChI=1S/C23H16ClFN4O/c24-18-5-2-6-19(25)17(18)12-26-29-23(30)21-11-20(27-28-21)15-10-9-14-8-7-13-3-1-4-16(15)22(13)14/h1-6,9-12H,7-8H2,(H,27,28)(H,29,30). The average molecular weight is 419 g/mol. The Morgan fingerprint density at radius 2 is 1.93 bits per heavy atom. The Morgan fingerprint density at radius 3 is 2.77 bits per heavy atom. The zero-order valence-electron chi connectivity index (χ0n) is 15.7. The lowest BCUT2D eigenvalue weighted by atomic mass is 9.98. The first-order valence-electron chi connectivity index (χ1n) is 9.48. The SMILES string of the molecule is O=C(NN=Cc1c(F)cccc1Cl)c1cc(-c2ccc3c4c(cccc24)CC3)n[nH]1. The fourth-order valence-electron chi connectivity index (χ4n) is 3.90. The van der Waals surface area contributed by atoms with E-state index in [0.29, 0.717) is 5.69 Å². The number of aryl methyl sites for hydroxylation is 2. The number of nitrogens with zero attached hydrogens (tertiary/aromatic N) is 2. The summed E-state index contributed by atoms with van der Waals surface area (Å²) in [6.07, 6.45) is 3.28. The molecule has 1 amide bonds. The number of amides is 1. The fourth-order valence-corrected chi connectivity index (χ4v) is 4.11. The van der Waals surface area contributed by atoms with Crippen LogP contribution in [0.1, 0.15) is 27.2 Å². The molecule has 0 atom stereocenters. The van der Waals surface area contributed by atoms with E-state index in [1.165, 1.54) is 34.9 Å². The first-order chi connectivity index (χ1) is 14.6. The quantitative estimate of drug-likeness (QED) is 0.366. The number of H-pyrrole nitrogens is 1. The number of hydrogen-bond donors (Lipinski definition) is 2. The molecular weight excluding hydrogens is 403 g/mol. The Bertz CT molecular complexity index is 1300. The number of hydrazone groups is 1. The molecule has 148 valence electrons. The van der Waals surface area contributed by atoms with E-state index in [4.69, 9.17) is 11.6 Å². The zero-order chi connectivity index (χ0) is 20.7. The molecule has 1 aliphatic rings. The van der Waals surface area contributed by atoms with Crippen molar-refractivity contribution in [3.05, 3.63) is 87.8 Å². The summed E-state index contributed by atoms with van der Waals surface area (Å²) in [7, 11) is 0. The van der Waals surface area contributed by atoms with Crippen LogP contribution in [0.25, 0.3) is 22.0 Å². The molecule has 0 saturated heterocycles. The predicted octanol–water partition coefficient (Wildman–Crippen LogP) is 4.88. The van der Waals surface area contributed by atoms with Crippen LogP contribution in [0.4, 0.5) is 4.39 Å². The van der Waals surface area contributed by atoms with Crippen LogP contribution in [0, 0.1) is 5.82 Å². The van der Waals surface area contributed by atoms with E-state index in [2.05, 4.69) is 45.0 Å². The third kappa shape index (κ3) is 3.15. The number of carbonyl (C=O) groups is 1. The highest BCUT2D eigenvalue weighted by Crippen LogP contribution is 2.36. The van der Waals surface area contributed by atoms with E-state index in [0.717, 1.165) is 23.8 Å². The van der Waals surface area contributed by atoms with Crippen LogP contribution >= 0.6 is 11.6 Å². The van der Waals surface area contributed by atoms with Crippen molar-refractivity contribution in [2.45, 2.75) is 12.8 Å². The molecule has 0 spiro atoms. The lowest BCUT2D eigenvalue weighted by molar-refractivity contribution is 0.0950. The molecule has 7 heteroatoms. The minimum Gasteiger partial charge on any atom is -0.272 e. The Labute approximate surface area is 176 Å². The van der Waals surface area contributed by atoms with Gasteiger partial charge in [0, 0.05) is 11.1 Å². The number of nitrogens with one attached hydrogen (secondary N) is 2. The number of benzene rings is 3. The Kier molecular flexibility index (Phi) is 4.56. The molecule has 0 saturated carbocycles. The fraction of sp³-hybridized carbons (Fsp3) is 0.0870. The van der Waals surface area contributed by atoms with Crippen LogP contribution in [0.3, 0.4) is 0 Å². The van der Waals surface area contributed by atoms with Crippen molar-refractivity contribution in [1.29, 1.82) is 0 Å². The molecule has 1 aliphatic carbocycles. The maximum absolute atomic E-state index is 13.8. The van der Waals surface area contributed by atoms with Gasteiger partial charge in [0.05, 0.1) is 16.9 Å².